The first-order valence-electron chi connectivity index (χ1n) is 9.67. The summed E-state index contributed by atoms with van der Waals surface area (Å²) in [5.74, 6) is 1.17. The Labute approximate surface area is 169 Å². The van der Waals surface area contributed by atoms with Crippen molar-refractivity contribution in [2.75, 3.05) is 32.1 Å². The zero-order chi connectivity index (χ0) is 20.1. The van der Waals surface area contributed by atoms with Crippen LogP contribution in [0.15, 0.2) is 54.9 Å². The summed E-state index contributed by atoms with van der Waals surface area (Å²) in [7, 11) is 1.87. The fourth-order valence-electron chi connectivity index (χ4n) is 3.33. The van der Waals surface area contributed by atoms with E-state index in [0.29, 0.717) is 37.6 Å². The number of para-hydroxylation sites is 1. The van der Waals surface area contributed by atoms with E-state index in [4.69, 9.17) is 9.47 Å². The molecule has 29 heavy (non-hydrogen) atoms. The summed E-state index contributed by atoms with van der Waals surface area (Å²) in [5.41, 5.74) is 3.63. The molecule has 2 aromatic carbocycles. The number of nitrogens with one attached hydrogen (secondary N) is 3. The Morgan fingerprint density at radius 3 is 3.00 bits per heavy atom. The average Bonchev–Trinajstić information content (AvgIpc) is 3.29. The number of rotatable bonds is 7. The molecule has 1 atom stereocenters. The van der Waals surface area contributed by atoms with Crippen LogP contribution in [0.4, 0.5) is 5.69 Å². The van der Waals surface area contributed by atoms with Gasteiger partial charge in [0, 0.05) is 18.3 Å². The molecule has 0 saturated carbocycles. The van der Waals surface area contributed by atoms with Crippen LogP contribution in [0.5, 0.6) is 11.5 Å². The summed E-state index contributed by atoms with van der Waals surface area (Å²) in [6.07, 6.45) is 4.23. The fourth-order valence-corrected chi connectivity index (χ4v) is 3.33. The molecule has 1 aromatic heterocycles. The number of benzene rings is 2. The van der Waals surface area contributed by atoms with Crippen molar-refractivity contribution in [2.45, 2.75) is 6.42 Å². The highest BCUT2D eigenvalue weighted by molar-refractivity contribution is 5.95. The summed E-state index contributed by atoms with van der Waals surface area (Å²) < 4.78 is 11.7. The van der Waals surface area contributed by atoms with Crippen LogP contribution in [0.2, 0.25) is 0 Å². The highest BCUT2D eigenvalue weighted by atomic mass is 16.5. The molecule has 2 heterocycles. The van der Waals surface area contributed by atoms with E-state index in [9.17, 15) is 4.79 Å². The van der Waals surface area contributed by atoms with Gasteiger partial charge in [0.05, 0.1) is 17.8 Å². The molecular weight excluding hydrogens is 368 g/mol. The number of aromatic amines is 1. The van der Waals surface area contributed by atoms with Gasteiger partial charge in [0.25, 0.3) is 0 Å². The second-order valence-electron chi connectivity index (χ2n) is 6.96. The first kappa shape index (κ1) is 19.0. The zero-order valence-corrected chi connectivity index (χ0v) is 16.3. The molecule has 3 aromatic rings. The van der Waals surface area contributed by atoms with Crippen molar-refractivity contribution in [3.05, 3.63) is 60.4 Å². The van der Waals surface area contributed by atoms with Crippen molar-refractivity contribution in [1.29, 1.82) is 0 Å². The Bertz CT molecular complexity index is 972. The third kappa shape index (κ3) is 4.41. The van der Waals surface area contributed by atoms with E-state index in [1.807, 2.05) is 55.7 Å². The molecule has 0 saturated heterocycles. The lowest BCUT2D eigenvalue weighted by Gasteiger charge is -2.25. The summed E-state index contributed by atoms with van der Waals surface area (Å²) in [4.78, 5) is 12.9. The van der Waals surface area contributed by atoms with E-state index in [1.165, 1.54) is 0 Å². The van der Waals surface area contributed by atoms with Gasteiger partial charge in [0.1, 0.15) is 24.7 Å². The van der Waals surface area contributed by atoms with Gasteiger partial charge in [-0.1, -0.05) is 24.3 Å². The number of hydrogen-bond acceptors (Lipinski definition) is 5. The number of ether oxygens (including phenoxy) is 2. The number of nitrogens with zero attached hydrogens (tertiary/aromatic N) is 1. The van der Waals surface area contributed by atoms with Crippen LogP contribution in [-0.4, -0.2) is 42.9 Å². The van der Waals surface area contributed by atoms with Crippen molar-refractivity contribution < 1.29 is 14.3 Å². The van der Waals surface area contributed by atoms with Crippen LogP contribution in [0, 0.1) is 5.92 Å². The second-order valence-corrected chi connectivity index (χ2v) is 6.96. The summed E-state index contributed by atoms with van der Waals surface area (Å²) >= 11 is 0. The monoisotopic (exact) mass is 392 g/mol. The molecular formula is C22H24N4O3. The van der Waals surface area contributed by atoms with Gasteiger partial charge in [-0.2, -0.15) is 5.10 Å². The van der Waals surface area contributed by atoms with Crippen LogP contribution in [0.1, 0.15) is 5.56 Å². The molecule has 7 nitrogen and oxygen atoms in total. The highest BCUT2D eigenvalue weighted by Crippen LogP contribution is 2.32. The summed E-state index contributed by atoms with van der Waals surface area (Å²) in [5, 5.41) is 12.9. The first-order valence-corrected chi connectivity index (χ1v) is 9.67. The largest absolute Gasteiger partial charge is 0.492 e. The number of likely N-dealkylation sites (N-methyl/N-ethyl adjacent to an activating group) is 1. The Morgan fingerprint density at radius 2 is 2.17 bits per heavy atom. The van der Waals surface area contributed by atoms with Gasteiger partial charge < -0.3 is 20.1 Å². The van der Waals surface area contributed by atoms with Crippen molar-refractivity contribution >= 4 is 11.6 Å². The Morgan fingerprint density at radius 1 is 1.28 bits per heavy atom. The lowest BCUT2D eigenvalue weighted by molar-refractivity contribution is -0.121. The maximum absolute atomic E-state index is 12.9. The number of H-pyrrole nitrogens is 1. The Kier molecular flexibility index (Phi) is 5.76. The topological polar surface area (TPSA) is 88.3 Å². The number of amides is 1. The maximum atomic E-state index is 12.9. The molecule has 1 aliphatic rings. The van der Waals surface area contributed by atoms with Crippen LogP contribution in [0.25, 0.3) is 11.1 Å². The number of aromatic nitrogens is 2. The SMILES string of the molecule is CNCCOc1cc(-c2cn[nH]c2)ccc1NC(=O)C1COc2ccccc2C1. The number of carbonyl (C=O) groups is 1. The minimum atomic E-state index is -0.247. The fraction of sp³-hybridized carbons (Fsp3) is 0.273. The van der Waals surface area contributed by atoms with Gasteiger partial charge in [-0.05, 0) is 42.8 Å². The molecule has 4 rings (SSSR count). The highest BCUT2D eigenvalue weighted by Gasteiger charge is 2.26. The molecule has 0 radical (unpaired) electrons. The average molecular weight is 392 g/mol. The van der Waals surface area contributed by atoms with Gasteiger partial charge in [0.2, 0.25) is 5.91 Å². The minimum Gasteiger partial charge on any atom is -0.492 e. The molecule has 0 spiro atoms. The number of carbonyl (C=O) groups excluding carboxylic acids is 1. The molecule has 1 amide bonds. The smallest absolute Gasteiger partial charge is 0.231 e. The quantitative estimate of drug-likeness (QED) is 0.538. The summed E-state index contributed by atoms with van der Waals surface area (Å²) in [6, 6.07) is 13.6. The normalized spacial score (nSPS) is 15.3. The Balaban J connectivity index is 1.51. The molecule has 0 fully saturated rings. The van der Waals surface area contributed by atoms with Crippen molar-refractivity contribution in [3.8, 4) is 22.6 Å². The molecule has 7 heteroatoms. The number of hydrogen-bond donors (Lipinski definition) is 3. The van der Waals surface area contributed by atoms with E-state index in [-0.39, 0.29) is 11.8 Å². The lowest BCUT2D eigenvalue weighted by atomic mass is 9.96. The van der Waals surface area contributed by atoms with Gasteiger partial charge in [-0.3, -0.25) is 9.89 Å². The predicted octanol–water partition coefficient (Wildman–Crippen LogP) is 2.86. The van der Waals surface area contributed by atoms with Gasteiger partial charge in [0.15, 0.2) is 0 Å². The second kappa shape index (κ2) is 8.79. The van der Waals surface area contributed by atoms with E-state index < -0.39 is 0 Å². The van der Waals surface area contributed by atoms with E-state index in [1.54, 1.807) is 6.20 Å². The third-order valence-corrected chi connectivity index (χ3v) is 4.93. The van der Waals surface area contributed by atoms with Crippen LogP contribution in [-0.2, 0) is 11.2 Å². The zero-order valence-electron chi connectivity index (χ0n) is 16.3. The molecule has 0 aliphatic carbocycles. The first-order chi connectivity index (χ1) is 14.2. The molecule has 1 unspecified atom stereocenters. The molecule has 0 bridgehead atoms. The minimum absolute atomic E-state index is 0.0750. The van der Waals surface area contributed by atoms with Gasteiger partial charge in [-0.25, -0.2) is 0 Å². The number of fused-ring (bicyclic) bond motifs is 1. The summed E-state index contributed by atoms with van der Waals surface area (Å²) in [6.45, 7) is 1.57. The standard InChI is InChI=1S/C22H24N4O3/c1-23-8-9-28-21-11-15(18-12-24-25-13-18)6-7-19(21)26-22(27)17-10-16-4-2-3-5-20(16)29-14-17/h2-7,11-13,17,23H,8-10,14H2,1H3,(H,24,25)(H,26,27). The van der Waals surface area contributed by atoms with E-state index >= 15 is 0 Å². The molecule has 150 valence electrons. The van der Waals surface area contributed by atoms with Crippen molar-refractivity contribution in [2.24, 2.45) is 5.92 Å². The van der Waals surface area contributed by atoms with Crippen molar-refractivity contribution in [1.82, 2.24) is 15.5 Å². The van der Waals surface area contributed by atoms with E-state index in [0.717, 1.165) is 22.4 Å². The predicted molar refractivity (Wildman–Crippen MR) is 111 cm³/mol. The van der Waals surface area contributed by atoms with Gasteiger partial charge in [-0.15, -0.1) is 0 Å². The van der Waals surface area contributed by atoms with Gasteiger partial charge >= 0.3 is 0 Å². The van der Waals surface area contributed by atoms with Crippen LogP contribution in [0.3, 0.4) is 0 Å². The molecule has 1 aliphatic heterocycles. The lowest BCUT2D eigenvalue weighted by Crippen LogP contribution is -2.32. The number of anilines is 1. The van der Waals surface area contributed by atoms with Crippen LogP contribution < -0.4 is 20.1 Å². The van der Waals surface area contributed by atoms with E-state index in [2.05, 4.69) is 20.8 Å². The molecule has 3 N–H and O–H groups in total. The van der Waals surface area contributed by atoms with Crippen LogP contribution >= 0.6 is 0 Å². The maximum Gasteiger partial charge on any atom is 0.231 e. The third-order valence-electron chi connectivity index (χ3n) is 4.93. The Hall–Kier alpha value is -3.32. The van der Waals surface area contributed by atoms with Crippen molar-refractivity contribution in [3.63, 3.8) is 0 Å².